The average Bonchev–Trinajstić information content (AvgIpc) is 2.77. The molecule has 0 saturated heterocycles. The normalized spacial score (nSPS) is 10.8. The lowest BCUT2D eigenvalue weighted by molar-refractivity contribution is 0.398. The van der Waals surface area contributed by atoms with E-state index in [-0.39, 0.29) is 24.4 Å². The molecule has 0 saturated carbocycles. The van der Waals surface area contributed by atoms with Crippen LogP contribution in [0, 0.1) is 0 Å². The van der Waals surface area contributed by atoms with Gasteiger partial charge in [-0.25, -0.2) is 9.36 Å². The van der Waals surface area contributed by atoms with Crippen molar-refractivity contribution in [2.45, 2.75) is 13.0 Å². The minimum atomic E-state index is -0.590. The number of pyridine rings is 1. The molecule has 0 unspecified atom stereocenters. The fourth-order valence-electron chi connectivity index (χ4n) is 3.24. The molecule has 2 aromatic carbocycles. The molecule has 0 amide bonds. The highest BCUT2D eigenvalue weighted by molar-refractivity contribution is 5.36. The maximum absolute atomic E-state index is 13.2. The topological polar surface area (TPSA) is 77.1 Å². The standard InChI is InChI=1S/C23H19N3O3/c27-21-20(15-18-11-7-8-14-24-18)22(28)26(19-12-5-2-6-13-19)23(29)25(21)16-17-9-3-1-4-10-17/h1-14,27H,15-16H2. The van der Waals surface area contributed by atoms with Crippen molar-refractivity contribution in [3.05, 3.63) is 123 Å². The van der Waals surface area contributed by atoms with Gasteiger partial charge in [-0.1, -0.05) is 54.6 Å². The molecule has 6 nitrogen and oxygen atoms in total. The maximum Gasteiger partial charge on any atom is 0.338 e. The molecule has 29 heavy (non-hydrogen) atoms. The summed E-state index contributed by atoms with van der Waals surface area (Å²) in [6, 6.07) is 23.4. The average molecular weight is 385 g/mol. The Kier molecular flexibility index (Phi) is 5.07. The summed E-state index contributed by atoms with van der Waals surface area (Å²) in [7, 11) is 0. The van der Waals surface area contributed by atoms with Gasteiger partial charge < -0.3 is 5.11 Å². The van der Waals surface area contributed by atoms with Crippen molar-refractivity contribution in [1.29, 1.82) is 0 Å². The van der Waals surface area contributed by atoms with Crippen molar-refractivity contribution in [3.63, 3.8) is 0 Å². The van der Waals surface area contributed by atoms with Crippen LogP contribution in [0.2, 0.25) is 0 Å². The van der Waals surface area contributed by atoms with Gasteiger partial charge in [-0.15, -0.1) is 0 Å². The smallest absolute Gasteiger partial charge is 0.338 e. The number of rotatable bonds is 5. The van der Waals surface area contributed by atoms with Crippen molar-refractivity contribution < 1.29 is 5.11 Å². The molecule has 4 rings (SSSR count). The molecule has 2 aromatic heterocycles. The molecule has 6 heteroatoms. The van der Waals surface area contributed by atoms with Crippen LogP contribution in [0.3, 0.4) is 0 Å². The molecular formula is C23H19N3O3. The van der Waals surface area contributed by atoms with Crippen LogP contribution in [0.15, 0.2) is 94.6 Å². The van der Waals surface area contributed by atoms with Crippen LogP contribution in [-0.2, 0) is 13.0 Å². The molecule has 4 aromatic rings. The van der Waals surface area contributed by atoms with Crippen molar-refractivity contribution in [3.8, 4) is 11.6 Å². The molecule has 0 radical (unpaired) electrons. The number of benzene rings is 2. The van der Waals surface area contributed by atoms with Crippen molar-refractivity contribution in [2.75, 3.05) is 0 Å². The predicted molar refractivity (Wildman–Crippen MR) is 111 cm³/mol. The van der Waals surface area contributed by atoms with Crippen molar-refractivity contribution in [2.24, 2.45) is 0 Å². The molecule has 1 N–H and O–H groups in total. The molecule has 0 aliphatic rings. The summed E-state index contributed by atoms with van der Waals surface area (Å²) in [6.07, 6.45) is 1.75. The van der Waals surface area contributed by atoms with Gasteiger partial charge in [0.1, 0.15) is 0 Å². The van der Waals surface area contributed by atoms with E-state index in [1.54, 1.807) is 42.6 Å². The van der Waals surface area contributed by atoms with E-state index < -0.39 is 11.2 Å². The lowest BCUT2D eigenvalue weighted by Crippen LogP contribution is -2.40. The Hall–Kier alpha value is -3.93. The molecule has 2 heterocycles. The Labute approximate surface area is 167 Å². The molecule has 0 atom stereocenters. The number of aromatic hydroxyl groups is 1. The van der Waals surface area contributed by atoms with Gasteiger partial charge >= 0.3 is 5.69 Å². The van der Waals surface area contributed by atoms with Crippen LogP contribution >= 0.6 is 0 Å². The number of hydrogen-bond donors (Lipinski definition) is 1. The summed E-state index contributed by atoms with van der Waals surface area (Å²) < 4.78 is 2.32. The van der Waals surface area contributed by atoms with E-state index >= 15 is 0 Å². The van der Waals surface area contributed by atoms with Gasteiger partial charge in [-0.2, -0.15) is 0 Å². The van der Waals surface area contributed by atoms with E-state index in [0.717, 1.165) is 10.1 Å². The zero-order valence-corrected chi connectivity index (χ0v) is 15.6. The second kappa shape index (κ2) is 7.98. The summed E-state index contributed by atoms with van der Waals surface area (Å²) in [5.41, 5.74) is 0.909. The maximum atomic E-state index is 13.2. The summed E-state index contributed by atoms with van der Waals surface area (Å²) in [5.74, 6) is -0.332. The Balaban J connectivity index is 1.94. The molecule has 0 fully saturated rings. The van der Waals surface area contributed by atoms with E-state index in [1.165, 1.54) is 4.57 Å². The molecular weight excluding hydrogens is 366 g/mol. The minimum absolute atomic E-state index is 0.118. The Morgan fingerprint density at radius 1 is 0.828 bits per heavy atom. The van der Waals surface area contributed by atoms with Gasteiger partial charge in [0, 0.05) is 18.3 Å². The first-order valence-electron chi connectivity index (χ1n) is 9.22. The Morgan fingerprint density at radius 3 is 2.14 bits per heavy atom. The second-order valence-corrected chi connectivity index (χ2v) is 6.63. The highest BCUT2D eigenvalue weighted by atomic mass is 16.3. The van der Waals surface area contributed by atoms with E-state index in [1.807, 2.05) is 42.5 Å². The third kappa shape index (κ3) is 3.73. The first-order chi connectivity index (χ1) is 14.1. The largest absolute Gasteiger partial charge is 0.494 e. The van der Waals surface area contributed by atoms with Crippen LogP contribution < -0.4 is 11.2 Å². The highest BCUT2D eigenvalue weighted by Gasteiger charge is 2.20. The number of para-hydroxylation sites is 1. The van der Waals surface area contributed by atoms with Crippen LogP contribution in [0.25, 0.3) is 5.69 Å². The highest BCUT2D eigenvalue weighted by Crippen LogP contribution is 2.17. The zero-order valence-electron chi connectivity index (χ0n) is 15.6. The third-order valence-corrected chi connectivity index (χ3v) is 4.69. The fourth-order valence-corrected chi connectivity index (χ4v) is 3.24. The summed E-state index contributed by atoms with van der Waals surface area (Å²) in [6.45, 7) is 0.147. The van der Waals surface area contributed by atoms with Crippen molar-refractivity contribution >= 4 is 0 Å². The lowest BCUT2D eigenvalue weighted by Gasteiger charge is -2.16. The first kappa shape index (κ1) is 18.4. The first-order valence-corrected chi connectivity index (χ1v) is 9.22. The number of aromatic nitrogens is 3. The van der Waals surface area contributed by atoms with Gasteiger partial charge in [0.05, 0.1) is 17.8 Å². The minimum Gasteiger partial charge on any atom is -0.494 e. The van der Waals surface area contributed by atoms with Crippen molar-refractivity contribution in [1.82, 2.24) is 14.1 Å². The summed E-state index contributed by atoms with van der Waals surface area (Å²) >= 11 is 0. The van der Waals surface area contributed by atoms with Gasteiger partial charge in [-0.3, -0.25) is 14.3 Å². The van der Waals surface area contributed by atoms with E-state index in [0.29, 0.717) is 11.4 Å². The quantitative estimate of drug-likeness (QED) is 0.573. The SMILES string of the molecule is O=c1c(Cc2ccccn2)c(O)n(Cc2ccccc2)c(=O)n1-c1ccccc1. The number of hydrogen-bond acceptors (Lipinski definition) is 4. The Morgan fingerprint density at radius 2 is 1.48 bits per heavy atom. The van der Waals surface area contributed by atoms with Gasteiger partial charge in [0.2, 0.25) is 5.88 Å². The van der Waals surface area contributed by atoms with Crippen LogP contribution in [-0.4, -0.2) is 19.2 Å². The Bertz CT molecular complexity index is 1150. The molecule has 0 aliphatic carbocycles. The molecule has 0 bridgehead atoms. The van der Waals surface area contributed by atoms with Crippen LogP contribution in [0.4, 0.5) is 0 Å². The second-order valence-electron chi connectivity index (χ2n) is 6.63. The van der Waals surface area contributed by atoms with E-state index in [2.05, 4.69) is 4.98 Å². The third-order valence-electron chi connectivity index (χ3n) is 4.69. The van der Waals surface area contributed by atoms with E-state index in [4.69, 9.17) is 0 Å². The monoisotopic (exact) mass is 385 g/mol. The lowest BCUT2D eigenvalue weighted by atomic mass is 10.1. The molecule has 0 spiro atoms. The van der Waals surface area contributed by atoms with Gasteiger partial charge in [0.25, 0.3) is 5.56 Å². The zero-order chi connectivity index (χ0) is 20.2. The summed E-state index contributed by atoms with van der Waals surface area (Å²) in [5, 5.41) is 10.9. The van der Waals surface area contributed by atoms with E-state index in [9.17, 15) is 14.7 Å². The number of nitrogens with zero attached hydrogens (tertiary/aromatic N) is 3. The molecule has 144 valence electrons. The predicted octanol–water partition coefficient (Wildman–Crippen LogP) is 2.74. The van der Waals surface area contributed by atoms with Gasteiger partial charge in [0.15, 0.2) is 0 Å². The summed E-state index contributed by atoms with van der Waals surface area (Å²) in [4.78, 5) is 30.6. The fraction of sp³-hybridized carbons (Fsp3) is 0.0870. The van der Waals surface area contributed by atoms with Crippen LogP contribution in [0.1, 0.15) is 16.8 Å². The van der Waals surface area contributed by atoms with Gasteiger partial charge in [-0.05, 0) is 29.8 Å². The van der Waals surface area contributed by atoms with Crippen LogP contribution in [0.5, 0.6) is 5.88 Å². The molecule has 0 aliphatic heterocycles.